The zero-order valence-electron chi connectivity index (χ0n) is 9.47. The van der Waals surface area contributed by atoms with E-state index in [0.717, 1.165) is 0 Å². The fraction of sp³-hybridized carbons (Fsp3) is 0.182. The van der Waals surface area contributed by atoms with E-state index in [2.05, 4.69) is 26.1 Å². The minimum absolute atomic E-state index is 0.115. The van der Waals surface area contributed by atoms with Crippen LogP contribution in [-0.2, 0) is 16.1 Å². The summed E-state index contributed by atoms with van der Waals surface area (Å²) in [6, 6.07) is 4.20. The quantitative estimate of drug-likeness (QED) is 0.904. The van der Waals surface area contributed by atoms with Crippen LogP contribution >= 0.6 is 15.9 Å². The van der Waals surface area contributed by atoms with Crippen LogP contribution in [0.1, 0.15) is 5.89 Å². The second-order valence-electron chi connectivity index (χ2n) is 3.56. The van der Waals surface area contributed by atoms with Crippen molar-refractivity contribution in [3.05, 3.63) is 34.4 Å². The Balaban J connectivity index is 2.09. The normalized spacial score (nSPS) is 10.6. The Hall–Kier alpha value is -1.80. The molecule has 19 heavy (non-hydrogen) atoms. The third-order valence-electron chi connectivity index (χ3n) is 2.04. The molecule has 100 valence electrons. The predicted molar refractivity (Wildman–Crippen MR) is 64.7 cm³/mol. The van der Waals surface area contributed by atoms with Crippen molar-refractivity contribution in [1.82, 2.24) is 10.1 Å². The van der Waals surface area contributed by atoms with Crippen LogP contribution in [0, 0.1) is 5.82 Å². The summed E-state index contributed by atoms with van der Waals surface area (Å²) in [4.78, 5) is 14.2. The molecular formula is C11H8BrFN2O4. The first-order valence-corrected chi connectivity index (χ1v) is 5.92. The number of aromatic nitrogens is 2. The topological polar surface area (TPSA) is 85.5 Å². The summed E-state index contributed by atoms with van der Waals surface area (Å²) < 4.78 is 23.4. The molecule has 0 aliphatic heterocycles. The molecule has 0 aliphatic rings. The van der Waals surface area contributed by atoms with Crippen molar-refractivity contribution in [2.24, 2.45) is 0 Å². The van der Waals surface area contributed by atoms with Crippen LogP contribution in [0.3, 0.4) is 0 Å². The molecule has 0 saturated carbocycles. The molecule has 1 aromatic carbocycles. The molecule has 1 heterocycles. The van der Waals surface area contributed by atoms with Gasteiger partial charge in [-0.3, -0.25) is 0 Å². The number of carbonyl (C=O) groups is 1. The minimum atomic E-state index is -1.09. The van der Waals surface area contributed by atoms with Crippen molar-refractivity contribution < 1.29 is 23.6 Å². The molecule has 0 spiro atoms. The maximum Gasteiger partial charge on any atom is 0.329 e. The fourth-order valence-corrected chi connectivity index (χ4v) is 1.80. The van der Waals surface area contributed by atoms with Crippen LogP contribution in [0.5, 0.6) is 0 Å². The predicted octanol–water partition coefficient (Wildman–Crippen LogP) is 2.24. The van der Waals surface area contributed by atoms with E-state index in [-0.39, 0.29) is 18.3 Å². The van der Waals surface area contributed by atoms with E-state index >= 15 is 0 Å². The third-order valence-corrected chi connectivity index (χ3v) is 2.50. The smallest absolute Gasteiger partial charge is 0.329 e. The number of aliphatic carboxylic acids is 1. The molecular weight excluding hydrogens is 323 g/mol. The zero-order chi connectivity index (χ0) is 13.8. The van der Waals surface area contributed by atoms with Crippen molar-refractivity contribution in [3.8, 4) is 11.4 Å². The molecule has 0 amide bonds. The van der Waals surface area contributed by atoms with Gasteiger partial charge in [0.2, 0.25) is 5.82 Å². The molecule has 6 nitrogen and oxygen atoms in total. The first-order valence-electron chi connectivity index (χ1n) is 5.13. The molecule has 0 fully saturated rings. The summed E-state index contributed by atoms with van der Waals surface area (Å²) in [6.07, 6.45) is 0. The van der Waals surface area contributed by atoms with Crippen LogP contribution < -0.4 is 0 Å². The van der Waals surface area contributed by atoms with Crippen LogP contribution in [0.4, 0.5) is 4.39 Å². The van der Waals surface area contributed by atoms with Gasteiger partial charge >= 0.3 is 5.97 Å². The molecule has 1 aromatic heterocycles. The Kier molecular flexibility index (Phi) is 4.23. The van der Waals surface area contributed by atoms with Gasteiger partial charge in [0, 0.05) is 10.0 Å². The number of halogens is 2. The second-order valence-corrected chi connectivity index (χ2v) is 4.47. The number of rotatable bonds is 5. The van der Waals surface area contributed by atoms with Gasteiger partial charge in [-0.05, 0) is 18.2 Å². The van der Waals surface area contributed by atoms with Gasteiger partial charge in [-0.1, -0.05) is 21.1 Å². The molecule has 0 aliphatic carbocycles. The number of hydrogen-bond acceptors (Lipinski definition) is 5. The molecule has 0 radical (unpaired) electrons. The number of hydrogen-bond donors (Lipinski definition) is 1. The number of ether oxygens (including phenoxy) is 1. The van der Waals surface area contributed by atoms with E-state index in [1.165, 1.54) is 12.1 Å². The van der Waals surface area contributed by atoms with Gasteiger partial charge < -0.3 is 14.4 Å². The summed E-state index contributed by atoms with van der Waals surface area (Å²) in [5.74, 6) is -1.20. The Labute approximate surface area is 115 Å². The lowest BCUT2D eigenvalue weighted by Crippen LogP contribution is -2.06. The lowest BCUT2D eigenvalue weighted by Gasteiger charge is -1.96. The lowest BCUT2D eigenvalue weighted by atomic mass is 10.2. The van der Waals surface area contributed by atoms with E-state index in [9.17, 15) is 9.18 Å². The van der Waals surface area contributed by atoms with E-state index in [1.54, 1.807) is 6.07 Å². The highest BCUT2D eigenvalue weighted by molar-refractivity contribution is 9.10. The maximum absolute atomic E-state index is 13.2. The molecule has 2 rings (SSSR count). The van der Waals surface area contributed by atoms with E-state index in [0.29, 0.717) is 10.0 Å². The van der Waals surface area contributed by atoms with Gasteiger partial charge in [0.15, 0.2) is 0 Å². The number of nitrogens with zero attached hydrogens (tertiary/aromatic N) is 2. The van der Waals surface area contributed by atoms with Gasteiger partial charge in [0.25, 0.3) is 5.89 Å². The van der Waals surface area contributed by atoms with Crippen LogP contribution in [0.2, 0.25) is 0 Å². The standard InChI is InChI=1S/C11H8BrFN2O4/c12-7-1-6(2-8(13)3-7)11-14-9(19-15-11)4-18-5-10(16)17/h1-3H,4-5H2,(H,16,17). The monoisotopic (exact) mass is 330 g/mol. The van der Waals surface area contributed by atoms with Crippen LogP contribution in [0.25, 0.3) is 11.4 Å². The van der Waals surface area contributed by atoms with Crippen molar-refractivity contribution in [3.63, 3.8) is 0 Å². The highest BCUT2D eigenvalue weighted by Crippen LogP contribution is 2.22. The van der Waals surface area contributed by atoms with Gasteiger partial charge in [-0.25, -0.2) is 9.18 Å². The van der Waals surface area contributed by atoms with Crippen LogP contribution in [0.15, 0.2) is 27.2 Å². The molecule has 0 unspecified atom stereocenters. The number of benzene rings is 1. The molecule has 1 N–H and O–H groups in total. The molecule has 0 bridgehead atoms. The van der Waals surface area contributed by atoms with E-state index in [1.807, 2.05) is 0 Å². The first-order chi connectivity index (χ1) is 9.04. The number of carboxylic acid groups (broad SMARTS) is 1. The Morgan fingerprint density at radius 1 is 1.47 bits per heavy atom. The average Bonchev–Trinajstić information content (AvgIpc) is 2.76. The molecule has 2 aromatic rings. The SMILES string of the molecule is O=C(O)COCc1nc(-c2cc(F)cc(Br)c2)no1. The molecule has 0 saturated heterocycles. The Bertz CT molecular complexity index is 582. The largest absolute Gasteiger partial charge is 0.480 e. The summed E-state index contributed by atoms with van der Waals surface area (Å²) in [7, 11) is 0. The van der Waals surface area contributed by atoms with Gasteiger partial charge in [0.1, 0.15) is 19.0 Å². The van der Waals surface area contributed by atoms with E-state index in [4.69, 9.17) is 14.4 Å². The number of carboxylic acids is 1. The minimum Gasteiger partial charge on any atom is -0.480 e. The highest BCUT2D eigenvalue weighted by Gasteiger charge is 2.11. The van der Waals surface area contributed by atoms with Crippen molar-refractivity contribution in [1.29, 1.82) is 0 Å². The summed E-state index contributed by atoms with van der Waals surface area (Å²) in [5, 5.41) is 12.1. The lowest BCUT2D eigenvalue weighted by molar-refractivity contribution is -0.142. The van der Waals surface area contributed by atoms with E-state index < -0.39 is 18.4 Å². The molecule has 8 heteroatoms. The summed E-state index contributed by atoms with van der Waals surface area (Å²) in [5.41, 5.74) is 0.445. The zero-order valence-corrected chi connectivity index (χ0v) is 11.1. The summed E-state index contributed by atoms with van der Waals surface area (Å²) in [6.45, 7) is -0.570. The van der Waals surface area contributed by atoms with Gasteiger partial charge in [0.05, 0.1) is 0 Å². The Morgan fingerprint density at radius 2 is 2.26 bits per heavy atom. The summed E-state index contributed by atoms with van der Waals surface area (Å²) >= 11 is 3.16. The first kappa shape index (κ1) is 13.6. The fourth-order valence-electron chi connectivity index (χ4n) is 1.34. The van der Waals surface area contributed by atoms with Crippen molar-refractivity contribution in [2.75, 3.05) is 6.61 Å². The van der Waals surface area contributed by atoms with Gasteiger partial charge in [-0.15, -0.1) is 0 Å². The van der Waals surface area contributed by atoms with Crippen LogP contribution in [-0.4, -0.2) is 27.8 Å². The van der Waals surface area contributed by atoms with Crippen molar-refractivity contribution >= 4 is 21.9 Å². The molecule has 0 atom stereocenters. The average molecular weight is 331 g/mol. The van der Waals surface area contributed by atoms with Gasteiger partial charge in [-0.2, -0.15) is 4.98 Å². The second kappa shape index (κ2) is 5.89. The maximum atomic E-state index is 13.2. The van der Waals surface area contributed by atoms with Crippen molar-refractivity contribution in [2.45, 2.75) is 6.61 Å². The highest BCUT2D eigenvalue weighted by atomic mass is 79.9. The Morgan fingerprint density at radius 3 is 2.95 bits per heavy atom. The third kappa shape index (κ3) is 3.83.